The zero-order chi connectivity index (χ0) is 14.4. The summed E-state index contributed by atoms with van der Waals surface area (Å²) in [5.74, 6) is -0.366. The van der Waals surface area contributed by atoms with E-state index in [-0.39, 0.29) is 11.5 Å². The molecule has 1 amide bonds. The molecule has 0 spiro atoms. The Bertz CT molecular complexity index is 432. The highest BCUT2D eigenvalue weighted by Crippen LogP contribution is 2.14. The van der Waals surface area contributed by atoms with E-state index < -0.39 is 5.82 Å². The lowest BCUT2D eigenvalue weighted by Gasteiger charge is -2.25. The van der Waals surface area contributed by atoms with Gasteiger partial charge < -0.3 is 10.6 Å². The molecule has 0 aliphatic heterocycles. The van der Waals surface area contributed by atoms with Crippen molar-refractivity contribution in [1.82, 2.24) is 4.90 Å². The maximum atomic E-state index is 13.8. The van der Waals surface area contributed by atoms with Crippen LogP contribution in [-0.4, -0.2) is 30.4 Å². The van der Waals surface area contributed by atoms with E-state index in [9.17, 15) is 9.18 Å². The molecule has 0 atom stereocenters. The number of halogens is 1. The molecular formula is C15H23FN2O. The lowest BCUT2D eigenvalue weighted by Crippen LogP contribution is -2.36. The monoisotopic (exact) mass is 266 g/mol. The predicted octanol–water partition coefficient (Wildman–Crippen LogP) is 2.58. The second-order valence-corrected chi connectivity index (χ2v) is 5.27. The fraction of sp³-hybridized carbons (Fsp3) is 0.533. The summed E-state index contributed by atoms with van der Waals surface area (Å²) < 4.78 is 13.8. The van der Waals surface area contributed by atoms with Gasteiger partial charge in [-0.2, -0.15) is 0 Å². The van der Waals surface area contributed by atoms with Crippen LogP contribution >= 0.6 is 0 Å². The Balaban J connectivity index is 2.93. The van der Waals surface area contributed by atoms with E-state index in [0.29, 0.717) is 25.6 Å². The molecule has 19 heavy (non-hydrogen) atoms. The summed E-state index contributed by atoms with van der Waals surface area (Å²) in [4.78, 5) is 14.1. The van der Waals surface area contributed by atoms with E-state index in [1.165, 1.54) is 6.07 Å². The summed E-state index contributed by atoms with van der Waals surface area (Å²) in [7, 11) is 0. The number of rotatable bonds is 6. The third kappa shape index (κ3) is 4.63. The molecule has 0 bridgehead atoms. The van der Waals surface area contributed by atoms with Gasteiger partial charge in [0.15, 0.2) is 0 Å². The largest absolute Gasteiger partial charge is 0.338 e. The summed E-state index contributed by atoms with van der Waals surface area (Å²) in [6.07, 6.45) is 0.728. The maximum Gasteiger partial charge on any atom is 0.256 e. The highest BCUT2D eigenvalue weighted by atomic mass is 19.1. The van der Waals surface area contributed by atoms with E-state index in [1.54, 1.807) is 17.0 Å². The van der Waals surface area contributed by atoms with Crippen LogP contribution in [0.4, 0.5) is 4.39 Å². The Labute approximate surface area is 114 Å². The van der Waals surface area contributed by atoms with E-state index in [1.807, 2.05) is 20.8 Å². The summed E-state index contributed by atoms with van der Waals surface area (Å²) >= 11 is 0. The van der Waals surface area contributed by atoms with Crippen molar-refractivity contribution in [3.8, 4) is 0 Å². The predicted molar refractivity (Wildman–Crippen MR) is 75.5 cm³/mol. The van der Waals surface area contributed by atoms with Gasteiger partial charge in [-0.05, 0) is 37.9 Å². The Morgan fingerprint density at radius 3 is 2.68 bits per heavy atom. The average Bonchev–Trinajstić information content (AvgIpc) is 2.36. The van der Waals surface area contributed by atoms with Crippen molar-refractivity contribution in [3.05, 3.63) is 35.1 Å². The molecule has 0 saturated carbocycles. The molecule has 0 radical (unpaired) electrons. The standard InChI is InChI=1S/C15H23FN2O/c1-11(2)10-18(8-4-7-17)15(19)13-9-12(3)5-6-14(13)16/h5-6,9,11H,4,7-8,10,17H2,1-3H3. The van der Waals surface area contributed by atoms with Gasteiger partial charge in [-0.3, -0.25) is 4.79 Å². The first-order valence-corrected chi connectivity index (χ1v) is 6.71. The van der Waals surface area contributed by atoms with Gasteiger partial charge in [-0.1, -0.05) is 25.5 Å². The maximum absolute atomic E-state index is 13.8. The van der Waals surface area contributed by atoms with Crippen LogP contribution in [0.15, 0.2) is 18.2 Å². The molecule has 0 fully saturated rings. The molecular weight excluding hydrogens is 243 g/mol. The van der Waals surface area contributed by atoms with Crippen molar-refractivity contribution >= 4 is 5.91 Å². The normalized spacial score (nSPS) is 10.8. The molecule has 4 heteroatoms. The third-order valence-corrected chi connectivity index (χ3v) is 2.86. The van der Waals surface area contributed by atoms with E-state index in [2.05, 4.69) is 0 Å². The average molecular weight is 266 g/mol. The smallest absolute Gasteiger partial charge is 0.256 e. The second-order valence-electron chi connectivity index (χ2n) is 5.27. The van der Waals surface area contributed by atoms with Crippen molar-refractivity contribution < 1.29 is 9.18 Å². The minimum absolute atomic E-state index is 0.151. The molecule has 1 aromatic rings. The molecule has 2 N–H and O–H groups in total. The topological polar surface area (TPSA) is 46.3 Å². The number of carbonyl (C=O) groups excluding carboxylic acids is 1. The summed E-state index contributed by atoms with van der Waals surface area (Å²) in [6, 6.07) is 4.62. The van der Waals surface area contributed by atoms with Gasteiger partial charge in [0.2, 0.25) is 0 Å². The molecule has 0 aliphatic carbocycles. The number of carbonyl (C=O) groups is 1. The lowest BCUT2D eigenvalue weighted by atomic mass is 10.1. The SMILES string of the molecule is Cc1ccc(F)c(C(=O)N(CCCN)CC(C)C)c1. The molecule has 1 aromatic carbocycles. The van der Waals surface area contributed by atoms with E-state index in [0.717, 1.165) is 12.0 Å². The van der Waals surface area contributed by atoms with Crippen molar-refractivity contribution in [1.29, 1.82) is 0 Å². The first kappa shape index (κ1) is 15.6. The van der Waals surface area contributed by atoms with Crippen molar-refractivity contribution in [2.45, 2.75) is 27.2 Å². The number of nitrogens with two attached hydrogens (primary N) is 1. The fourth-order valence-electron chi connectivity index (χ4n) is 1.97. The number of aryl methyl sites for hydroxylation is 1. The minimum Gasteiger partial charge on any atom is -0.338 e. The molecule has 1 rings (SSSR count). The summed E-state index contributed by atoms with van der Waals surface area (Å²) in [5.41, 5.74) is 6.52. The highest BCUT2D eigenvalue weighted by Gasteiger charge is 2.19. The summed E-state index contributed by atoms with van der Waals surface area (Å²) in [5, 5.41) is 0. The third-order valence-electron chi connectivity index (χ3n) is 2.86. The van der Waals surface area contributed by atoms with Crippen LogP contribution in [0, 0.1) is 18.7 Å². The first-order valence-electron chi connectivity index (χ1n) is 6.71. The van der Waals surface area contributed by atoms with Crippen LogP contribution in [0.3, 0.4) is 0 Å². The molecule has 106 valence electrons. The van der Waals surface area contributed by atoms with Gasteiger partial charge in [0.25, 0.3) is 5.91 Å². The number of amides is 1. The van der Waals surface area contributed by atoms with Crippen LogP contribution in [0.25, 0.3) is 0 Å². The Morgan fingerprint density at radius 1 is 1.42 bits per heavy atom. The summed E-state index contributed by atoms with van der Waals surface area (Å²) in [6.45, 7) is 7.64. The van der Waals surface area contributed by atoms with Gasteiger partial charge in [0.1, 0.15) is 5.82 Å². The van der Waals surface area contributed by atoms with Crippen LogP contribution in [0.1, 0.15) is 36.2 Å². The van der Waals surface area contributed by atoms with Crippen molar-refractivity contribution in [3.63, 3.8) is 0 Å². The zero-order valence-corrected chi connectivity index (χ0v) is 11.9. The molecule has 0 unspecified atom stereocenters. The molecule has 0 saturated heterocycles. The number of nitrogens with zero attached hydrogens (tertiary/aromatic N) is 1. The zero-order valence-electron chi connectivity index (χ0n) is 11.9. The Kier molecular flexibility index (Phi) is 5.96. The second kappa shape index (κ2) is 7.24. The van der Waals surface area contributed by atoms with E-state index in [4.69, 9.17) is 5.73 Å². The molecule has 3 nitrogen and oxygen atoms in total. The van der Waals surface area contributed by atoms with Crippen LogP contribution in [0.2, 0.25) is 0 Å². The number of hydrogen-bond donors (Lipinski definition) is 1. The quantitative estimate of drug-likeness (QED) is 0.860. The van der Waals surface area contributed by atoms with Gasteiger partial charge in [0.05, 0.1) is 5.56 Å². The van der Waals surface area contributed by atoms with Crippen LogP contribution in [0.5, 0.6) is 0 Å². The Hall–Kier alpha value is -1.42. The van der Waals surface area contributed by atoms with Crippen LogP contribution in [-0.2, 0) is 0 Å². The molecule has 0 heterocycles. The first-order chi connectivity index (χ1) is 8.95. The van der Waals surface area contributed by atoms with Crippen molar-refractivity contribution in [2.24, 2.45) is 11.7 Å². The van der Waals surface area contributed by atoms with E-state index >= 15 is 0 Å². The Morgan fingerprint density at radius 2 is 2.11 bits per heavy atom. The van der Waals surface area contributed by atoms with Gasteiger partial charge in [-0.25, -0.2) is 4.39 Å². The number of benzene rings is 1. The van der Waals surface area contributed by atoms with Gasteiger partial charge >= 0.3 is 0 Å². The molecule has 0 aliphatic rings. The van der Waals surface area contributed by atoms with Gasteiger partial charge in [-0.15, -0.1) is 0 Å². The van der Waals surface area contributed by atoms with Crippen molar-refractivity contribution in [2.75, 3.05) is 19.6 Å². The van der Waals surface area contributed by atoms with Crippen LogP contribution < -0.4 is 5.73 Å². The van der Waals surface area contributed by atoms with Gasteiger partial charge in [0, 0.05) is 13.1 Å². The lowest BCUT2D eigenvalue weighted by molar-refractivity contribution is 0.0730. The number of hydrogen-bond acceptors (Lipinski definition) is 2. The fourth-order valence-corrected chi connectivity index (χ4v) is 1.97. The molecule has 0 aromatic heterocycles. The minimum atomic E-state index is -0.461. The highest BCUT2D eigenvalue weighted by molar-refractivity contribution is 5.94.